The molecule has 0 bridgehead atoms. The molecule has 1 fully saturated rings. The van der Waals surface area contributed by atoms with Crippen molar-refractivity contribution in [3.05, 3.63) is 34.9 Å². The zero-order valence-electron chi connectivity index (χ0n) is 10.7. The standard InChI is InChI=1S/C13H14F5NO/c1-6(19)10-2-3-11(20-10)7-4-8(14)12(9(15)5-7)13(16,17)18/h4-6,10-11H,2-3,19H2,1H3. The number of halogens is 5. The minimum atomic E-state index is -5.06. The molecule has 0 aliphatic carbocycles. The molecule has 0 spiro atoms. The molecular formula is C13H14F5NO. The molecule has 1 aliphatic heterocycles. The fraction of sp³-hybridized carbons (Fsp3) is 0.538. The molecule has 0 saturated carbocycles. The van der Waals surface area contributed by atoms with Gasteiger partial charge in [0.25, 0.3) is 0 Å². The van der Waals surface area contributed by atoms with Gasteiger partial charge in [-0.25, -0.2) is 8.78 Å². The lowest BCUT2D eigenvalue weighted by Gasteiger charge is -2.18. The van der Waals surface area contributed by atoms with E-state index in [9.17, 15) is 22.0 Å². The van der Waals surface area contributed by atoms with E-state index in [4.69, 9.17) is 10.5 Å². The van der Waals surface area contributed by atoms with Gasteiger partial charge in [0.2, 0.25) is 0 Å². The minimum Gasteiger partial charge on any atom is -0.369 e. The maximum Gasteiger partial charge on any atom is 0.422 e. The molecular weight excluding hydrogens is 281 g/mol. The van der Waals surface area contributed by atoms with E-state index >= 15 is 0 Å². The third-order valence-corrected chi connectivity index (χ3v) is 3.36. The lowest BCUT2D eigenvalue weighted by Crippen LogP contribution is -2.30. The van der Waals surface area contributed by atoms with Gasteiger partial charge in [0, 0.05) is 6.04 Å². The SMILES string of the molecule is CC(N)C1CCC(c2cc(F)c(C(F)(F)F)c(F)c2)O1. The minimum absolute atomic E-state index is 0.0659. The molecule has 1 aromatic carbocycles. The predicted octanol–water partition coefficient (Wildman–Crippen LogP) is 3.55. The lowest BCUT2D eigenvalue weighted by molar-refractivity contribution is -0.142. The normalized spacial score (nSPS) is 24.9. The van der Waals surface area contributed by atoms with E-state index in [1.54, 1.807) is 6.92 Å². The summed E-state index contributed by atoms with van der Waals surface area (Å²) in [6.45, 7) is 1.74. The number of benzene rings is 1. The summed E-state index contributed by atoms with van der Waals surface area (Å²) in [7, 11) is 0. The van der Waals surface area contributed by atoms with Gasteiger partial charge in [-0.3, -0.25) is 0 Å². The average molecular weight is 295 g/mol. The van der Waals surface area contributed by atoms with Crippen LogP contribution in [0.3, 0.4) is 0 Å². The van der Waals surface area contributed by atoms with Gasteiger partial charge in [-0.2, -0.15) is 13.2 Å². The van der Waals surface area contributed by atoms with E-state index in [0.717, 1.165) is 0 Å². The largest absolute Gasteiger partial charge is 0.422 e. The Morgan fingerprint density at radius 2 is 1.75 bits per heavy atom. The average Bonchev–Trinajstić information content (AvgIpc) is 2.74. The van der Waals surface area contributed by atoms with Crippen LogP contribution in [0.2, 0.25) is 0 Å². The third kappa shape index (κ3) is 2.93. The van der Waals surface area contributed by atoms with Gasteiger partial charge in [-0.05, 0) is 37.5 Å². The van der Waals surface area contributed by atoms with E-state index in [-0.39, 0.29) is 17.7 Å². The molecule has 0 radical (unpaired) electrons. The maximum atomic E-state index is 13.5. The second-order valence-corrected chi connectivity index (χ2v) is 4.96. The van der Waals surface area contributed by atoms with E-state index in [1.165, 1.54) is 0 Å². The Hall–Kier alpha value is -1.21. The smallest absolute Gasteiger partial charge is 0.369 e. The van der Waals surface area contributed by atoms with Crippen molar-refractivity contribution in [1.29, 1.82) is 0 Å². The Morgan fingerprint density at radius 1 is 1.20 bits per heavy atom. The number of ether oxygens (including phenoxy) is 1. The highest BCUT2D eigenvalue weighted by Gasteiger charge is 2.39. The highest BCUT2D eigenvalue weighted by molar-refractivity contribution is 5.30. The summed E-state index contributed by atoms with van der Waals surface area (Å²) in [5.41, 5.74) is 3.85. The van der Waals surface area contributed by atoms with E-state index in [0.29, 0.717) is 25.0 Å². The predicted molar refractivity (Wildman–Crippen MR) is 61.9 cm³/mol. The summed E-state index contributed by atoms with van der Waals surface area (Å²) in [6.07, 6.45) is -4.87. The fourth-order valence-electron chi connectivity index (χ4n) is 2.34. The molecule has 2 nitrogen and oxygen atoms in total. The first kappa shape index (κ1) is 15.2. The molecule has 3 unspecified atom stereocenters. The number of hydrogen-bond donors (Lipinski definition) is 1. The summed E-state index contributed by atoms with van der Waals surface area (Å²) >= 11 is 0. The lowest BCUT2D eigenvalue weighted by atomic mass is 10.0. The van der Waals surface area contributed by atoms with Gasteiger partial charge in [0.1, 0.15) is 17.2 Å². The van der Waals surface area contributed by atoms with Gasteiger partial charge in [0.15, 0.2) is 0 Å². The fourth-order valence-corrected chi connectivity index (χ4v) is 2.34. The molecule has 1 heterocycles. The molecule has 1 saturated heterocycles. The molecule has 0 aromatic heterocycles. The molecule has 20 heavy (non-hydrogen) atoms. The van der Waals surface area contributed by atoms with Crippen LogP contribution in [0.1, 0.15) is 37.0 Å². The highest BCUT2D eigenvalue weighted by atomic mass is 19.4. The van der Waals surface area contributed by atoms with Crippen molar-refractivity contribution in [2.45, 2.75) is 44.2 Å². The molecule has 2 rings (SSSR count). The van der Waals surface area contributed by atoms with Gasteiger partial charge in [0.05, 0.1) is 12.2 Å². The van der Waals surface area contributed by atoms with Gasteiger partial charge >= 0.3 is 6.18 Å². The van der Waals surface area contributed by atoms with Crippen LogP contribution >= 0.6 is 0 Å². The van der Waals surface area contributed by atoms with Crippen molar-refractivity contribution < 1.29 is 26.7 Å². The van der Waals surface area contributed by atoms with Crippen molar-refractivity contribution in [2.24, 2.45) is 5.73 Å². The van der Waals surface area contributed by atoms with Crippen molar-refractivity contribution in [2.75, 3.05) is 0 Å². The van der Waals surface area contributed by atoms with Gasteiger partial charge < -0.3 is 10.5 Å². The number of hydrogen-bond acceptors (Lipinski definition) is 2. The van der Waals surface area contributed by atoms with Crippen LogP contribution in [0.4, 0.5) is 22.0 Å². The number of alkyl halides is 3. The topological polar surface area (TPSA) is 35.2 Å². The van der Waals surface area contributed by atoms with Crippen LogP contribution in [0.15, 0.2) is 12.1 Å². The Morgan fingerprint density at radius 3 is 2.15 bits per heavy atom. The van der Waals surface area contributed by atoms with Crippen LogP contribution in [-0.2, 0) is 10.9 Å². The zero-order chi connectivity index (χ0) is 15.1. The number of nitrogens with two attached hydrogens (primary N) is 1. The number of rotatable bonds is 2. The maximum absolute atomic E-state index is 13.5. The summed E-state index contributed by atoms with van der Waals surface area (Å²) in [4.78, 5) is 0. The quantitative estimate of drug-likeness (QED) is 0.847. The van der Waals surface area contributed by atoms with E-state index in [2.05, 4.69) is 0 Å². The molecule has 1 aromatic rings. The van der Waals surface area contributed by atoms with Crippen molar-refractivity contribution in [3.8, 4) is 0 Å². The molecule has 1 aliphatic rings. The van der Waals surface area contributed by atoms with Crippen LogP contribution < -0.4 is 5.73 Å². The summed E-state index contributed by atoms with van der Waals surface area (Å²) in [6, 6.07) is 1.12. The Balaban J connectivity index is 2.28. The molecule has 7 heteroatoms. The van der Waals surface area contributed by atoms with E-state index in [1.807, 2.05) is 0 Å². The summed E-state index contributed by atoms with van der Waals surface area (Å²) in [5, 5.41) is 0. The van der Waals surface area contributed by atoms with Crippen molar-refractivity contribution >= 4 is 0 Å². The molecule has 3 atom stereocenters. The van der Waals surface area contributed by atoms with Gasteiger partial charge in [-0.15, -0.1) is 0 Å². The Bertz CT molecular complexity index is 477. The Kier molecular flexibility index (Phi) is 4.02. The van der Waals surface area contributed by atoms with Crippen LogP contribution in [-0.4, -0.2) is 12.1 Å². The van der Waals surface area contributed by atoms with Gasteiger partial charge in [-0.1, -0.05) is 0 Å². The summed E-state index contributed by atoms with van der Waals surface area (Å²) in [5.74, 6) is -3.25. The highest BCUT2D eigenvalue weighted by Crippen LogP contribution is 2.38. The second kappa shape index (κ2) is 5.29. The van der Waals surface area contributed by atoms with Crippen molar-refractivity contribution in [1.82, 2.24) is 0 Å². The first-order valence-electron chi connectivity index (χ1n) is 6.17. The Labute approximate surface area is 112 Å². The first-order chi connectivity index (χ1) is 9.20. The van der Waals surface area contributed by atoms with Crippen LogP contribution in [0.5, 0.6) is 0 Å². The first-order valence-corrected chi connectivity index (χ1v) is 6.17. The molecule has 0 amide bonds. The zero-order valence-corrected chi connectivity index (χ0v) is 10.7. The molecule has 112 valence electrons. The monoisotopic (exact) mass is 295 g/mol. The molecule has 2 N–H and O–H groups in total. The summed E-state index contributed by atoms with van der Waals surface area (Å²) < 4.78 is 69.8. The third-order valence-electron chi connectivity index (χ3n) is 3.36. The van der Waals surface area contributed by atoms with E-state index < -0.39 is 29.5 Å². The second-order valence-electron chi connectivity index (χ2n) is 4.96. The van der Waals surface area contributed by atoms with Crippen LogP contribution in [0, 0.1) is 11.6 Å². The van der Waals surface area contributed by atoms with Crippen molar-refractivity contribution in [3.63, 3.8) is 0 Å². The van der Waals surface area contributed by atoms with Crippen LogP contribution in [0.25, 0.3) is 0 Å².